The van der Waals surface area contributed by atoms with Crippen LogP contribution in [0.5, 0.6) is 28.7 Å². The average molecular weight is 356 g/mol. The van der Waals surface area contributed by atoms with E-state index >= 15 is 0 Å². The van der Waals surface area contributed by atoms with Crippen molar-refractivity contribution >= 4 is 5.78 Å². The van der Waals surface area contributed by atoms with Crippen LogP contribution in [0, 0.1) is 0 Å². The molecule has 1 aliphatic rings. The second-order valence-corrected chi connectivity index (χ2v) is 6.55. The molecule has 0 spiro atoms. The second kappa shape index (κ2) is 6.63. The number of carbonyl (C=O) groups excluding carboxylic acids is 1. The smallest absolute Gasteiger partial charge is 0.181 e. The Hall–Kier alpha value is -3.15. The van der Waals surface area contributed by atoms with Crippen LogP contribution in [0.25, 0.3) is 0 Å². The fourth-order valence-electron chi connectivity index (χ4n) is 3.01. The Bertz CT molecular complexity index is 909. The van der Waals surface area contributed by atoms with Crippen molar-refractivity contribution in [2.75, 3.05) is 6.61 Å². The van der Waals surface area contributed by atoms with E-state index in [4.69, 9.17) is 4.74 Å². The lowest BCUT2D eigenvalue weighted by Gasteiger charge is -2.26. The highest BCUT2D eigenvalue weighted by Gasteiger charge is 2.35. The fourth-order valence-corrected chi connectivity index (χ4v) is 3.01. The Morgan fingerprint density at radius 1 is 1.15 bits per heavy atom. The number of carbonyl (C=O) groups is 1. The molecule has 0 fully saturated rings. The first kappa shape index (κ1) is 17.7. The summed E-state index contributed by atoms with van der Waals surface area (Å²) in [5.74, 6) is -1.92. The Labute approximate surface area is 150 Å². The van der Waals surface area contributed by atoms with Crippen molar-refractivity contribution in [1.29, 1.82) is 0 Å². The number of benzene rings is 2. The van der Waals surface area contributed by atoms with Crippen LogP contribution >= 0.6 is 0 Å². The van der Waals surface area contributed by atoms with Gasteiger partial charge in [-0.25, -0.2) is 0 Å². The van der Waals surface area contributed by atoms with Crippen LogP contribution in [-0.4, -0.2) is 32.8 Å². The summed E-state index contributed by atoms with van der Waals surface area (Å²) in [7, 11) is 0. The molecule has 0 bridgehead atoms. The largest absolute Gasteiger partial charge is 0.508 e. The monoisotopic (exact) mass is 356 g/mol. The van der Waals surface area contributed by atoms with Gasteiger partial charge in [0.05, 0.1) is 5.92 Å². The second-order valence-electron chi connectivity index (χ2n) is 6.55. The Kier molecular flexibility index (Phi) is 4.50. The number of phenols is 4. The topological polar surface area (TPSA) is 107 Å². The summed E-state index contributed by atoms with van der Waals surface area (Å²) in [6.45, 7) is 3.74. The van der Waals surface area contributed by atoms with E-state index in [2.05, 4.69) is 0 Å². The van der Waals surface area contributed by atoms with Gasteiger partial charge in [-0.3, -0.25) is 4.79 Å². The summed E-state index contributed by atoms with van der Waals surface area (Å²) in [5.41, 5.74) is 1.55. The molecule has 0 radical (unpaired) electrons. The van der Waals surface area contributed by atoms with Crippen LogP contribution in [0.1, 0.15) is 41.3 Å². The molecule has 4 N–H and O–H groups in total. The van der Waals surface area contributed by atoms with Gasteiger partial charge in [0, 0.05) is 23.3 Å². The maximum atomic E-state index is 13.0. The number of ketones is 1. The molecule has 2 aromatic rings. The fraction of sp³-hybridized carbons (Fsp3) is 0.250. The van der Waals surface area contributed by atoms with Crippen molar-refractivity contribution in [3.8, 4) is 28.7 Å². The van der Waals surface area contributed by atoms with E-state index in [0.717, 1.165) is 11.6 Å². The maximum absolute atomic E-state index is 13.0. The molecule has 0 amide bonds. The zero-order chi connectivity index (χ0) is 19.0. The number of allylic oxidation sites excluding steroid dienone is 2. The first-order valence-corrected chi connectivity index (χ1v) is 8.19. The normalized spacial score (nSPS) is 15.9. The minimum atomic E-state index is -0.824. The highest BCUT2D eigenvalue weighted by Crippen LogP contribution is 2.45. The average Bonchev–Trinajstić information content (AvgIpc) is 2.55. The minimum absolute atomic E-state index is 0.0105. The van der Waals surface area contributed by atoms with Crippen molar-refractivity contribution in [1.82, 2.24) is 0 Å². The number of hydrogen-bond donors (Lipinski definition) is 4. The molecule has 1 heterocycles. The summed E-state index contributed by atoms with van der Waals surface area (Å²) in [5, 5.41) is 40.2. The third-order valence-electron chi connectivity index (χ3n) is 4.42. The molecule has 0 unspecified atom stereocenters. The number of ether oxygens (including phenoxy) is 1. The molecule has 0 aliphatic carbocycles. The Morgan fingerprint density at radius 2 is 1.88 bits per heavy atom. The van der Waals surface area contributed by atoms with Gasteiger partial charge >= 0.3 is 0 Å². The third kappa shape index (κ3) is 3.06. The highest BCUT2D eigenvalue weighted by atomic mass is 16.5. The molecule has 0 saturated carbocycles. The van der Waals surface area contributed by atoms with Gasteiger partial charge in [0.2, 0.25) is 0 Å². The van der Waals surface area contributed by atoms with Gasteiger partial charge in [-0.05, 0) is 26.3 Å². The zero-order valence-corrected chi connectivity index (χ0v) is 14.5. The van der Waals surface area contributed by atoms with Crippen LogP contribution in [0.4, 0.5) is 0 Å². The molecule has 1 atom stereocenters. The Morgan fingerprint density at radius 3 is 2.54 bits per heavy atom. The molecular weight excluding hydrogens is 336 g/mol. The van der Waals surface area contributed by atoms with E-state index in [1.165, 1.54) is 18.2 Å². The van der Waals surface area contributed by atoms with E-state index < -0.39 is 11.7 Å². The summed E-state index contributed by atoms with van der Waals surface area (Å²) in [4.78, 5) is 13.0. The molecular formula is C20H20O6. The maximum Gasteiger partial charge on any atom is 0.181 e. The first-order valence-electron chi connectivity index (χ1n) is 8.19. The van der Waals surface area contributed by atoms with Crippen molar-refractivity contribution in [3.63, 3.8) is 0 Å². The zero-order valence-electron chi connectivity index (χ0n) is 14.5. The van der Waals surface area contributed by atoms with Crippen molar-refractivity contribution < 1.29 is 30.0 Å². The van der Waals surface area contributed by atoms with Gasteiger partial charge in [0.15, 0.2) is 5.78 Å². The molecule has 2 aromatic carbocycles. The quantitative estimate of drug-likeness (QED) is 0.628. The van der Waals surface area contributed by atoms with Gasteiger partial charge in [-0.2, -0.15) is 0 Å². The standard InChI is InChI=1S/C20H20O6/c1-10(2)3-5-13-16(23)8-17-18(19(13)24)20(25)14(9-26-17)12-6-4-11(21)7-15(12)22/h3-4,6-8,14,21-24H,5,9H2,1-2H3/t14-/m1/s1. The first-order chi connectivity index (χ1) is 12.3. The number of hydrogen-bond acceptors (Lipinski definition) is 6. The lowest BCUT2D eigenvalue weighted by molar-refractivity contribution is 0.0889. The predicted octanol–water partition coefficient (Wildman–Crippen LogP) is 3.38. The van der Waals surface area contributed by atoms with Crippen LogP contribution in [0.3, 0.4) is 0 Å². The lowest BCUT2D eigenvalue weighted by Crippen LogP contribution is -2.26. The van der Waals surface area contributed by atoms with Gasteiger partial charge in [-0.1, -0.05) is 17.7 Å². The SMILES string of the molecule is CC(C)=CCc1c(O)cc2c(c1O)C(=O)[C@@H](c1ccc(O)cc1O)CO2. The lowest BCUT2D eigenvalue weighted by atomic mass is 9.86. The van der Waals surface area contributed by atoms with Crippen molar-refractivity contribution in [2.45, 2.75) is 26.2 Å². The molecule has 136 valence electrons. The third-order valence-corrected chi connectivity index (χ3v) is 4.42. The number of Topliss-reactive ketones (excluding diaryl/α,β-unsaturated/α-hetero) is 1. The van der Waals surface area contributed by atoms with E-state index in [0.29, 0.717) is 5.56 Å². The van der Waals surface area contributed by atoms with Crippen LogP contribution in [0.15, 0.2) is 35.9 Å². The van der Waals surface area contributed by atoms with Crippen LogP contribution in [-0.2, 0) is 6.42 Å². The molecule has 26 heavy (non-hydrogen) atoms. The van der Waals surface area contributed by atoms with E-state index in [-0.39, 0.29) is 52.9 Å². The molecule has 0 aromatic heterocycles. The molecule has 1 aliphatic heterocycles. The van der Waals surface area contributed by atoms with Gasteiger partial charge < -0.3 is 25.2 Å². The summed E-state index contributed by atoms with van der Waals surface area (Å²) >= 11 is 0. The summed E-state index contributed by atoms with van der Waals surface area (Å²) in [6, 6.07) is 5.29. The summed E-state index contributed by atoms with van der Waals surface area (Å²) < 4.78 is 5.56. The Balaban J connectivity index is 2.06. The molecule has 6 heteroatoms. The van der Waals surface area contributed by atoms with E-state index in [1.54, 1.807) is 0 Å². The summed E-state index contributed by atoms with van der Waals surface area (Å²) in [6.07, 6.45) is 2.11. The predicted molar refractivity (Wildman–Crippen MR) is 95.2 cm³/mol. The molecule has 3 rings (SSSR count). The number of rotatable bonds is 3. The minimum Gasteiger partial charge on any atom is -0.508 e. The van der Waals surface area contributed by atoms with E-state index in [9.17, 15) is 25.2 Å². The van der Waals surface area contributed by atoms with Gasteiger partial charge in [0.1, 0.15) is 40.9 Å². The molecule has 0 saturated heterocycles. The molecule has 6 nitrogen and oxygen atoms in total. The van der Waals surface area contributed by atoms with E-state index in [1.807, 2.05) is 19.9 Å². The van der Waals surface area contributed by atoms with Crippen molar-refractivity contribution in [2.24, 2.45) is 0 Å². The van der Waals surface area contributed by atoms with Crippen molar-refractivity contribution in [3.05, 3.63) is 52.6 Å². The number of fused-ring (bicyclic) bond motifs is 1. The number of aromatic hydroxyl groups is 4. The van der Waals surface area contributed by atoms with Crippen LogP contribution in [0.2, 0.25) is 0 Å². The van der Waals surface area contributed by atoms with Gasteiger partial charge in [-0.15, -0.1) is 0 Å². The highest BCUT2D eigenvalue weighted by molar-refractivity contribution is 6.07. The number of phenolic OH excluding ortho intramolecular Hbond substituents is 4. The van der Waals surface area contributed by atoms with Crippen LogP contribution < -0.4 is 4.74 Å². The van der Waals surface area contributed by atoms with Gasteiger partial charge in [0.25, 0.3) is 0 Å².